The Morgan fingerprint density at radius 2 is 1.57 bits per heavy atom. The molecular weight excluding hydrogens is 382 g/mol. The summed E-state index contributed by atoms with van der Waals surface area (Å²) in [6, 6.07) is 18.6. The van der Waals surface area contributed by atoms with Gasteiger partial charge in [0.05, 0.1) is 5.69 Å². The van der Waals surface area contributed by atoms with E-state index in [4.69, 9.17) is 0 Å². The number of hydrogen-bond donors (Lipinski definition) is 1. The van der Waals surface area contributed by atoms with Crippen molar-refractivity contribution in [2.45, 2.75) is 13.5 Å². The molecule has 1 heterocycles. The van der Waals surface area contributed by atoms with Crippen molar-refractivity contribution in [2.75, 3.05) is 0 Å². The molecule has 0 unspecified atom stereocenters. The lowest BCUT2D eigenvalue weighted by Gasteiger charge is -2.03. The van der Waals surface area contributed by atoms with Gasteiger partial charge in [-0.25, -0.2) is 13.8 Å². The summed E-state index contributed by atoms with van der Waals surface area (Å²) in [6.07, 6.45) is 5.59. The van der Waals surface area contributed by atoms with Crippen molar-refractivity contribution in [3.05, 3.63) is 95.9 Å². The summed E-state index contributed by atoms with van der Waals surface area (Å²) in [6.45, 7) is 2.66. The average Bonchev–Trinajstić information content (AvgIpc) is 3.16. The molecule has 1 N–H and O–H groups in total. The van der Waals surface area contributed by atoms with Gasteiger partial charge in [0.2, 0.25) is 0 Å². The van der Waals surface area contributed by atoms with E-state index in [2.05, 4.69) is 4.98 Å². The number of benzene rings is 3. The first-order valence-electron chi connectivity index (χ1n) is 9.63. The zero-order valence-corrected chi connectivity index (χ0v) is 16.4. The second-order valence-corrected chi connectivity index (χ2v) is 6.90. The fourth-order valence-corrected chi connectivity index (χ4v) is 3.25. The van der Waals surface area contributed by atoms with E-state index in [1.54, 1.807) is 18.3 Å². The van der Waals surface area contributed by atoms with Crippen molar-refractivity contribution in [3.8, 4) is 28.1 Å². The third-order valence-corrected chi connectivity index (χ3v) is 4.89. The van der Waals surface area contributed by atoms with E-state index >= 15 is 0 Å². The number of phenols is 1. The van der Waals surface area contributed by atoms with E-state index in [9.17, 15) is 13.9 Å². The van der Waals surface area contributed by atoms with Gasteiger partial charge in [0.1, 0.15) is 23.2 Å². The number of imidazole rings is 1. The maximum absolute atomic E-state index is 14.1. The quantitative estimate of drug-likeness (QED) is 0.420. The monoisotopic (exact) mass is 402 g/mol. The minimum Gasteiger partial charge on any atom is -0.508 e. The minimum absolute atomic E-state index is 0.240. The molecule has 0 aliphatic rings. The summed E-state index contributed by atoms with van der Waals surface area (Å²) in [5.74, 6) is -0.304. The molecule has 0 spiro atoms. The van der Waals surface area contributed by atoms with Crippen LogP contribution < -0.4 is 0 Å². The molecule has 4 aromatic rings. The number of aromatic hydroxyl groups is 1. The minimum atomic E-state index is -0.629. The van der Waals surface area contributed by atoms with Gasteiger partial charge in [0.15, 0.2) is 0 Å². The van der Waals surface area contributed by atoms with E-state index in [-0.39, 0.29) is 11.3 Å². The lowest BCUT2D eigenvalue weighted by molar-refractivity contribution is 0.475. The van der Waals surface area contributed by atoms with Crippen molar-refractivity contribution in [3.63, 3.8) is 0 Å². The molecule has 4 rings (SSSR count). The number of aromatic nitrogens is 2. The zero-order valence-electron chi connectivity index (χ0n) is 16.4. The maximum atomic E-state index is 14.1. The largest absolute Gasteiger partial charge is 0.508 e. The summed E-state index contributed by atoms with van der Waals surface area (Å²) in [5, 5.41) is 9.42. The first-order chi connectivity index (χ1) is 14.5. The molecule has 3 nitrogen and oxygen atoms in total. The number of phenolic OH excluding ortho intramolecular Hbond substituents is 1. The van der Waals surface area contributed by atoms with Gasteiger partial charge >= 0.3 is 0 Å². The Hall–Kier alpha value is -3.73. The first-order valence-corrected chi connectivity index (χ1v) is 9.63. The van der Waals surface area contributed by atoms with Crippen molar-refractivity contribution in [2.24, 2.45) is 0 Å². The van der Waals surface area contributed by atoms with Crippen LogP contribution in [0.1, 0.15) is 18.3 Å². The topological polar surface area (TPSA) is 38.0 Å². The van der Waals surface area contributed by atoms with Crippen molar-refractivity contribution < 1.29 is 13.9 Å². The molecule has 0 saturated carbocycles. The first kappa shape index (κ1) is 19.6. The van der Waals surface area contributed by atoms with Gasteiger partial charge in [0, 0.05) is 24.4 Å². The maximum Gasteiger partial charge on any atom is 0.135 e. The van der Waals surface area contributed by atoms with E-state index < -0.39 is 11.6 Å². The van der Waals surface area contributed by atoms with Gasteiger partial charge in [-0.05, 0) is 54.0 Å². The number of halogens is 2. The van der Waals surface area contributed by atoms with Gasteiger partial charge in [-0.2, -0.15) is 0 Å². The predicted molar refractivity (Wildman–Crippen MR) is 116 cm³/mol. The van der Waals surface area contributed by atoms with Crippen molar-refractivity contribution >= 4 is 12.2 Å². The van der Waals surface area contributed by atoms with Gasteiger partial charge in [-0.15, -0.1) is 0 Å². The SMILES string of the molecule is CCn1cc(-c2ccc(F)cc2F)nc1C=Cc1ccc(-c2ccc(O)cc2)cc1. The van der Waals surface area contributed by atoms with E-state index in [0.717, 1.165) is 22.8 Å². The Morgan fingerprint density at radius 3 is 2.20 bits per heavy atom. The van der Waals surface area contributed by atoms with Gasteiger partial charge in [-0.1, -0.05) is 42.5 Å². The summed E-state index contributed by atoms with van der Waals surface area (Å²) >= 11 is 0. The number of rotatable bonds is 5. The highest BCUT2D eigenvalue weighted by Crippen LogP contribution is 2.25. The van der Waals surface area contributed by atoms with Crippen LogP contribution in [0.4, 0.5) is 8.78 Å². The standard InChI is InChI=1S/C25H20F2N2O/c1-2-29-16-24(22-13-10-20(26)15-23(22)27)28-25(29)14-5-17-3-6-18(7-4-17)19-8-11-21(30)12-9-19/h3-16,30H,2H2,1H3. The van der Waals surface area contributed by atoms with Crippen LogP contribution in [0.5, 0.6) is 5.75 Å². The lowest BCUT2D eigenvalue weighted by atomic mass is 10.0. The van der Waals surface area contributed by atoms with Crippen molar-refractivity contribution in [1.29, 1.82) is 0 Å². The van der Waals surface area contributed by atoms with E-state index in [1.807, 2.05) is 60.0 Å². The summed E-state index contributed by atoms with van der Waals surface area (Å²) in [4.78, 5) is 4.52. The zero-order chi connectivity index (χ0) is 21.1. The number of hydrogen-bond acceptors (Lipinski definition) is 2. The molecule has 0 bridgehead atoms. The highest BCUT2D eigenvalue weighted by molar-refractivity contribution is 5.72. The highest BCUT2D eigenvalue weighted by atomic mass is 19.1. The van der Waals surface area contributed by atoms with Crippen LogP contribution in [0.3, 0.4) is 0 Å². The third-order valence-electron chi connectivity index (χ3n) is 4.89. The molecule has 0 fully saturated rings. The Kier molecular flexibility index (Phi) is 5.44. The number of nitrogens with zero attached hydrogens (tertiary/aromatic N) is 2. The van der Waals surface area contributed by atoms with Crippen LogP contribution in [-0.4, -0.2) is 14.7 Å². The van der Waals surface area contributed by atoms with Gasteiger partial charge < -0.3 is 9.67 Å². The van der Waals surface area contributed by atoms with E-state index in [1.165, 1.54) is 12.1 Å². The molecule has 3 aromatic carbocycles. The van der Waals surface area contributed by atoms with Crippen LogP contribution in [0.15, 0.2) is 72.9 Å². The summed E-state index contributed by atoms with van der Waals surface area (Å²) in [7, 11) is 0. The average molecular weight is 402 g/mol. The fraction of sp³-hybridized carbons (Fsp3) is 0.0800. The fourth-order valence-electron chi connectivity index (χ4n) is 3.25. The van der Waals surface area contributed by atoms with Crippen LogP contribution in [0, 0.1) is 11.6 Å². The van der Waals surface area contributed by atoms with Crippen LogP contribution >= 0.6 is 0 Å². The second kappa shape index (κ2) is 8.33. The molecule has 30 heavy (non-hydrogen) atoms. The number of aryl methyl sites for hydroxylation is 1. The molecule has 150 valence electrons. The molecule has 5 heteroatoms. The molecule has 0 saturated heterocycles. The second-order valence-electron chi connectivity index (χ2n) is 6.90. The van der Waals surface area contributed by atoms with Crippen LogP contribution in [0.2, 0.25) is 0 Å². The third kappa shape index (κ3) is 4.15. The Labute approximate surface area is 173 Å². The van der Waals surface area contributed by atoms with Crippen molar-refractivity contribution in [1.82, 2.24) is 9.55 Å². The normalized spacial score (nSPS) is 11.3. The molecule has 0 aliphatic carbocycles. The Balaban J connectivity index is 1.57. The predicted octanol–water partition coefficient (Wildman–Crippen LogP) is 6.39. The highest BCUT2D eigenvalue weighted by Gasteiger charge is 2.12. The Bertz CT molecular complexity index is 1190. The van der Waals surface area contributed by atoms with Gasteiger partial charge in [-0.3, -0.25) is 0 Å². The molecule has 0 amide bonds. The molecule has 1 aromatic heterocycles. The van der Waals surface area contributed by atoms with Crippen LogP contribution in [-0.2, 0) is 6.54 Å². The molecule has 0 aliphatic heterocycles. The molecule has 0 radical (unpaired) electrons. The van der Waals surface area contributed by atoms with Crippen LogP contribution in [0.25, 0.3) is 34.5 Å². The Morgan fingerprint density at radius 1 is 0.900 bits per heavy atom. The lowest BCUT2D eigenvalue weighted by Crippen LogP contribution is -1.94. The molecular formula is C25H20F2N2O. The smallest absolute Gasteiger partial charge is 0.135 e. The van der Waals surface area contributed by atoms with E-state index in [0.29, 0.717) is 18.1 Å². The summed E-state index contributed by atoms with van der Waals surface area (Å²) < 4.78 is 29.2. The van der Waals surface area contributed by atoms with Gasteiger partial charge in [0.25, 0.3) is 0 Å². The molecule has 0 atom stereocenters. The summed E-state index contributed by atoms with van der Waals surface area (Å²) in [5.41, 5.74) is 3.82.